The third-order valence-electron chi connectivity index (χ3n) is 11.7. The Balaban J connectivity index is 0.00000118. The number of aryl methyl sites for hydroxylation is 1. The summed E-state index contributed by atoms with van der Waals surface area (Å²) in [4.78, 5) is 15.8. The average Bonchev–Trinajstić information content (AvgIpc) is 3.46. The summed E-state index contributed by atoms with van der Waals surface area (Å²) in [7, 11) is -3.69. The zero-order valence-corrected chi connectivity index (χ0v) is 53.1. The Morgan fingerprint density at radius 1 is 0.438 bits per heavy atom. The van der Waals surface area contributed by atoms with Crippen LogP contribution in [0.15, 0.2) is 29.2 Å². The van der Waals surface area contributed by atoms with Crippen LogP contribution in [0.4, 0.5) is 5.95 Å². The molecule has 0 aliphatic heterocycles. The van der Waals surface area contributed by atoms with Gasteiger partial charge in [-0.1, -0.05) is 149 Å². The molecule has 0 amide bonds. The second-order valence-electron chi connectivity index (χ2n) is 19.0. The molecule has 0 spiro atoms. The zero-order valence-electron chi connectivity index (χ0n) is 51.4. The van der Waals surface area contributed by atoms with Gasteiger partial charge < -0.3 is 47.5 Å². The second-order valence-corrected chi connectivity index (χ2v) is 22.5. The molecule has 2 rings (SSSR count). The maximum absolute atomic E-state index is 12.6. The van der Waals surface area contributed by atoms with Crippen molar-refractivity contribution in [2.75, 3.05) is 151 Å². The van der Waals surface area contributed by atoms with Crippen LogP contribution in [0.3, 0.4) is 0 Å². The number of unbranched alkanes of at least 4 members (excludes halogenated alkanes) is 14. The van der Waals surface area contributed by atoms with Crippen LogP contribution in [0, 0.1) is 6.92 Å². The van der Waals surface area contributed by atoms with Crippen LogP contribution in [0.5, 0.6) is 12.0 Å². The number of nitrogens with zero attached hydrogens (tertiary/aromatic N) is 4. The molecule has 0 saturated carbocycles. The Morgan fingerprint density at radius 2 is 0.800 bits per heavy atom. The standard InChI is InChI=1S/C21H40N4O6.C19H33NO2S.C18H39O7P/c1-5-7-9-25(10-8-6-2)19-22-20(30-17-15-28-13-11-26-3)24-21(23-19)31-18-16-29-14-12-27-4;1-3-4-5-6-7-8-9-10-11-12-17-20-23(21,22)19-15-13-18(2)14-16-19;1-4-7-10-20-13-16-23-26(19,24-17-14-21-11-8-5-2)25-18-15-22-12-9-6-3/h5-18H2,1-4H3;13-16,20H,3-12,17H2,1-2H3;4-18H2,1-3H3. The minimum atomic E-state index is -3.63. The highest BCUT2D eigenvalue weighted by molar-refractivity contribution is 7.89. The van der Waals surface area contributed by atoms with Gasteiger partial charge in [-0.05, 0) is 57.6 Å². The molecule has 0 radical (unpaired) electrons. The first-order valence-electron chi connectivity index (χ1n) is 30.2. The van der Waals surface area contributed by atoms with E-state index in [-0.39, 0.29) is 31.8 Å². The molecular weight excluding hydrogens is 1070 g/mol. The number of nitrogens with one attached hydrogen (secondary N) is 1. The van der Waals surface area contributed by atoms with Crippen molar-refractivity contribution in [1.29, 1.82) is 0 Å². The monoisotopic (exact) mass is 1180 g/mol. The molecule has 1 heterocycles. The van der Waals surface area contributed by atoms with Gasteiger partial charge in [0.05, 0.1) is 84.2 Å². The molecular formula is C58H112N5O15PS. The van der Waals surface area contributed by atoms with Crippen molar-refractivity contribution < 1.29 is 69.2 Å². The van der Waals surface area contributed by atoms with Crippen LogP contribution >= 0.6 is 7.82 Å². The van der Waals surface area contributed by atoms with E-state index in [4.69, 9.17) is 56.2 Å². The lowest BCUT2D eigenvalue weighted by Crippen LogP contribution is -2.28. The van der Waals surface area contributed by atoms with Gasteiger partial charge in [-0.25, -0.2) is 17.7 Å². The highest BCUT2D eigenvalue weighted by Gasteiger charge is 2.26. The van der Waals surface area contributed by atoms with Crippen molar-refractivity contribution in [3.05, 3.63) is 29.8 Å². The fourth-order valence-corrected chi connectivity index (χ4v) is 9.07. The SMILES string of the molecule is CCCCCCCCCCCCNS(=O)(=O)c1ccc(C)cc1.CCCCN(CCCC)c1nc(OCCOCCOC)nc(OCCOCCOC)n1.CCCCOCCOP(=O)(OCCOCCCC)OCCOCCCC. The summed E-state index contributed by atoms with van der Waals surface area (Å²) in [5.41, 5.74) is 1.07. The molecule has 1 aromatic heterocycles. The van der Waals surface area contributed by atoms with Crippen molar-refractivity contribution in [3.63, 3.8) is 0 Å². The van der Waals surface area contributed by atoms with E-state index >= 15 is 0 Å². The zero-order chi connectivity index (χ0) is 58.9. The van der Waals surface area contributed by atoms with Crippen LogP contribution in [0.25, 0.3) is 0 Å². The van der Waals surface area contributed by atoms with E-state index in [1.165, 1.54) is 51.4 Å². The van der Waals surface area contributed by atoms with E-state index in [1.807, 2.05) is 19.1 Å². The van der Waals surface area contributed by atoms with Gasteiger partial charge in [-0.15, -0.1) is 4.98 Å². The number of methoxy groups -OCH3 is 2. The molecule has 0 bridgehead atoms. The van der Waals surface area contributed by atoms with Crippen LogP contribution < -0.4 is 19.1 Å². The number of hydrogen-bond donors (Lipinski definition) is 1. The predicted molar refractivity (Wildman–Crippen MR) is 319 cm³/mol. The molecule has 22 heteroatoms. The van der Waals surface area contributed by atoms with Crippen LogP contribution in [-0.2, 0) is 61.3 Å². The normalized spacial score (nSPS) is 11.5. The number of benzene rings is 1. The lowest BCUT2D eigenvalue weighted by molar-refractivity contribution is 0.0331. The van der Waals surface area contributed by atoms with Crippen molar-refractivity contribution in [2.45, 2.75) is 182 Å². The maximum atomic E-state index is 12.6. The third kappa shape index (κ3) is 46.8. The van der Waals surface area contributed by atoms with Crippen LogP contribution in [0.1, 0.15) is 176 Å². The largest absolute Gasteiger partial charge is 0.475 e. The number of sulfonamides is 1. The number of phosphoric acid groups is 1. The second kappa shape index (κ2) is 56.8. The molecule has 0 aliphatic rings. The smallest absolute Gasteiger partial charge is 0.461 e. The van der Waals surface area contributed by atoms with E-state index in [0.717, 1.165) is 95.7 Å². The summed E-state index contributed by atoms with van der Waals surface area (Å²) in [5, 5.41) is 0. The fraction of sp³-hybridized carbons (Fsp3) is 0.845. The van der Waals surface area contributed by atoms with Gasteiger partial charge in [-0.3, -0.25) is 13.6 Å². The molecule has 1 aromatic carbocycles. The van der Waals surface area contributed by atoms with Gasteiger partial charge in [-0.2, -0.15) is 9.97 Å². The lowest BCUT2D eigenvalue weighted by atomic mass is 10.1. The van der Waals surface area contributed by atoms with Crippen LogP contribution in [-0.4, -0.2) is 170 Å². The van der Waals surface area contributed by atoms with E-state index in [1.54, 1.807) is 26.4 Å². The predicted octanol–water partition coefficient (Wildman–Crippen LogP) is 12.2. The van der Waals surface area contributed by atoms with Gasteiger partial charge in [0.1, 0.15) is 13.2 Å². The van der Waals surface area contributed by atoms with Crippen molar-refractivity contribution in [3.8, 4) is 12.0 Å². The molecule has 2 aromatic rings. The molecule has 20 nitrogen and oxygen atoms in total. The average molecular weight is 1180 g/mol. The fourth-order valence-electron chi connectivity index (χ4n) is 6.88. The molecule has 0 unspecified atom stereocenters. The van der Waals surface area contributed by atoms with E-state index in [0.29, 0.717) is 110 Å². The van der Waals surface area contributed by atoms with Crippen molar-refractivity contribution in [2.24, 2.45) is 0 Å². The van der Waals surface area contributed by atoms with Gasteiger partial charge in [0.15, 0.2) is 0 Å². The number of hydrogen-bond acceptors (Lipinski definition) is 19. The molecule has 0 fully saturated rings. The minimum Gasteiger partial charge on any atom is -0.461 e. The molecule has 0 saturated heterocycles. The summed E-state index contributed by atoms with van der Waals surface area (Å²) in [6, 6.07) is 7.44. The topological polar surface area (TPSA) is 216 Å². The Hall–Kier alpha value is -2.63. The maximum Gasteiger partial charge on any atom is 0.475 e. The molecule has 0 atom stereocenters. The summed E-state index contributed by atoms with van der Waals surface area (Å²) in [5.74, 6) is 0.572. The third-order valence-corrected chi connectivity index (χ3v) is 14.7. The number of anilines is 1. The summed E-state index contributed by atoms with van der Waals surface area (Å²) in [6.45, 7) is 24.3. The summed E-state index contributed by atoms with van der Waals surface area (Å²) in [6.07, 6.45) is 23.1. The minimum absolute atomic E-state index is 0.161. The van der Waals surface area contributed by atoms with E-state index < -0.39 is 17.8 Å². The molecule has 470 valence electrons. The van der Waals surface area contributed by atoms with E-state index in [2.05, 4.69) is 66.1 Å². The lowest BCUT2D eigenvalue weighted by Gasteiger charge is -2.22. The number of ether oxygens (including phenoxy) is 9. The Labute approximate surface area is 485 Å². The Morgan fingerprint density at radius 3 is 1.20 bits per heavy atom. The summed E-state index contributed by atoms with van der Waals surface area (Å²) >= 11 is 0. The highest BCUT2D eigenvalue weighted by Crippen LogP contribution is 2.49. The molecule has 1 N–H and O–H groups in total. The Kier molecular flexibility index (Phi) is 55.0. The number of phosphoric ester groups is 1. The molecule has 80 heavy (non-hydrogen) atoms. The quantitative estimate of drug-likeness (QED) is 0.0481. The first-order valence-corrected chi connectivity index (χ1v) is 33.2. The number of aromatic nitrogens is 3. The van der Waals surface area contributed by atoms with Gasteiger partial charge in [0.2, 0.25) is 16.0 Å². The summed E-state index contributed by atoms with van der Waals surface area (Å²) < 4.78 is 104. The van der Waals surface area contributed by atoms with E-state index in [9.17, 15) is 13.0 Å². The first kappa shape index (κ1) is 77.4. The van der Waals surface area contributed by atoms with Crippen molar-refractivity contribution >= 4 is 23.8 Å². The first-order chi connectivity index (χ1) is 39.0. The van der Waals surface area contributed by atoms with Crippen molar-refractivity contribution in [1.82, 2.24) is 19.7 Å². The Bertz CT molecular complexity index is 1710. The van der Waals surface area contributed by atoms with Gasteiger partial charge >= 0.3 is 19.8 Å². The van der Waals surface area contributed by atoms with Gasteiger partial charge in [0.25, 0.3) is 0 Å². The van der Waals surface area contributed by atoms with Crippen LogP contribution in [0.2, 0.25) is 0 Å². The highest BCUT2D eigenvalue weighted by atomic mass is 32.2. The molecule has 0 aliphatic carbocycles. The number of rotatable bonds is 55. The van der Waals surface area contributed by atoms with Gasteiger partial charge in [0, 0.05) is 53.7 Å².